The summed E-state index contributed by atoms with van der Waals surface area (Å²) in [6, 6.07) is 3.09. The van der Waals surface area contributed by atoms with E-state index in [1.807, 2.05) is 13.8 Å². The highest BCUT2D eigenvalue weighted by Crippen LogP contribution is 2.41. The van der Waals surface area contributed by atoms with Crippen molar-refractivity contribution in [2.24, 2.45) is 5.92 Å². The Labute approximate surface area is 135 Å². The SMILES string of the molecule is CNC(=O)CN1C(=O)C(C(C)C)Nc2cc(OC)c(OC)cc21. The number of carbonyl (C=O) groups excluding carboxylic acids is 2. The quantitative estimate of drug-likeness (QED) is 0.853. The Kier molecular flexibility index (Phi) is 4.98. The summed E-state index contributed by atoms with van der Waals surface area (Å²) in [7, 11) is 4.63. The van der Waals surface area contributed by atoms with Crippen LogP contribution in [-0.4, -0.2) is 45.7 Å². The molecule has 0 bridgehead atoms. The molecule has 2 rings (SSSR count). The minimum Gasteiger partial charge on any atom is -0.493 e. The monoisotopic (exact) mass is 321 g/mol. The molecule has 0 aromatic heterocycles. The highest BCUT2D eigenvalue weighted by Gasteiger charge is 2.36. The molecule has 7 heteroatoms. The molecule has 1 aliphatic heterocycles. The van der Waals surface area contributed by atoms with Crippen molar-refractivity contribution in [3.63, 3.8) is 0 Å². The molecule has 0 saturated carbocycles. The van der Waals surface area contributed by atoms with E-state index >= 15 is 0 Å². The Bertz CT molecular complexity index is 616. The first-order chi connectivity index (χ1) is 10.9. The van der Waals surface area contributed by atoms with Crippen LogP contribution in [0.5, 0.6) is 11.5 Å². The minimum atomic E-state index is -0.398. The highest BCUT2D eigenvalue weighted by molar-refractivity contribution is 6.08. The van der Waals surface area contributed by atoms with E-state index in [4.69, 9.17) is 9.47 Å². The Morgan fingerprint density at radius 2 is 1.91 bits per heavy atom. The predicted molar refractivity (Wildman–Crippen MR) is 88.2 cm³/mol. The van der Waals surface area contributed by atoms with Gasteiger partial charge in [0, 0.05) is 19.2 Å². The van der Waals surface area contributed by atoms with Gasteiger partial charge in [-0.3, -0.25) is 14.5 Å². The van der Waals surface area contributed by atoms with E-state index in [1.165, 1.54) is 12.0 Å². The number of methoxy groups -OCH3 is 2. The molecule has 1 aliphatic rings. The van der Waals surface area contributed by atoms with Crippen molar-refractivity contribution in [2.45, 2.75) is 19.9 Å². The van der Waals surface area contributed by atoms with Crippen LogP contribution in [0.15, 0.2) is 12.1 Å². The van der Waals surface area contributed by atoms with Gasteiger partial charge in [-0.15, -0.1) is 0 Å². The first kappa shape index (κ1) is 16.9. The number of nitrogens with zero attached hydrogens (tertiary/aromatic N) is 1. The fourth-order valence-electron chi connectivity index (χ4n) is 2.56. The van der Waals surface area contributed by atoms with Crippen molar-refractivity contribution in [1.29, 1.82) is 0 Å². The summed E-state index contributed by atoms with van der Waals surface area (Å²) in [6.45, 7) is 3.88. The molecular weight excluding hydrogens is 298 g/mol. The molecule has 1 atom stereocenters. The summed E-state index contributed by atoms with van der Waals surface area (Å²) in [5, 5.41) is 5.78. The Morgan fingerprint density at radius 1 is 1.30 bits per heavy atom. The van der Waals surface area contributed by atoms with Gasteiger partial charge in [-0.05, 0) is 5.92 Å². The Morgan fingerprint density at radius 3 is 2.43 bits per heavy atom. The summed E-state index contributed by atoms with van der Waals surface area (Å²) >= 11 is 0. The lowest BCUT2D eigenvalue weighted by Crippen LogP contribution is -2.52. The third kappa shape index (κ3) is 3.18. The summed E-state index contributed by atoms with van der Waals surface area (Å²) < 4.78 is 10.6. The number of likely N-dealkylation sites (N-methyl/N-ethyl adjacent to an activating group) is 1. The van der Waals surface area contributed by atoms with Gasteiger partial charge in [-0.2, -0.15) is 0 Å². The lowest BCUT2D eigenvalue weighted by molar-refractivity contribution is -0.124. The van der Waals surface area contributed by atoms with E-state index in [1.54, 1.807) is 26.3 Å². The number of ether oxygens (including phenoxy) is 2. The number of amides is 2. The van der Waals surface area contributed by atoms with Gasteiger partial charge >= 0.3 is 0 Å². The summed E-state index contributed by atoms with van der Waals surface area (Å²) in [5.74, 6) is 0.781. The van der Waals surface area contributed by atoms with Gasteiger partial charge < -0.3 is 20.1 Å². The molecule has 126 valence electrons. The standard InChI is InChI=1S/C16H23N3O4/c1-9(2)15-16(21)19(8-14(20)17-3)11-7-13(23-5)12(22-4)6-10(11)18-15/h6-7,9,15,18H,8H2,1-5H3,(H,17,20). The second-order valence-electron chi connectivity index (χ2n) is 5.69. The van der Waals surface area contributed by atoms with Gasteiger partial charge in [0.15, 0.2) is 11.5 Å². The van der Waals surface area contributed by atoms with Gasteiger partial charge in [-0.25, -0.2) is 0 Å². The maximum atomic E-state index is 12.7. The van der Waals surface area contributed by atoms with Crippen LogP contribution in [0.3, 0.4) is 0 Å². The van der Waals surface area contributed by atoms with Crippen LogP contribution in [0, 0.1) is 5.92 Å². The molecule has 0 spiro atoms. The second kappa shape index (κ2) is 6.76. The van der Waals surface area contributed by atoms with Crippen molar-refractivity contribution < 1.29 is 19.1 Å². The topological polar surface area (TPSA) is 79.9 Å². The van der Waals surface area contributed by atoms with Crippen LogP contribution in [0.2, 0.25) is 0 Å². The molecule has 2 N–H and O–H groups in total. The third-order valence-electron chi connectivity index (χ3n) is 3.88. The van der Waals surface area contributed by atoms with Crippen LogP contribution in [0.1, 0.15) is 13.8 Å². The molecule has 0 fully saturated rings. The molecular formula is C16H23N3O4. The van der Waals surface area contributed by atoms with Gasteiger partial charge in [0.25, 0.3) is 0 Å². The molecule has 1 heterocycles. The number of nitrogens with one attached hydrogen (secondary N) is 2. The smallest absolute Gasteiger partial charge is 0.250 e. The van der Waals surface area contributed by atoms with E-state index in [2.05, 4.69) is 10.6 Å². The maximum Gasteiger partial charge on any atom is 0.250 e. The molecule has 0 aliphatic carbocycles. The Balaban J connectivity index is 2.53. The van der Waals surface area contributed by atoms with Crippen LogP contribution < -0.4 is 25.0 Å². The van der Waals surface area contributed by atoms with E-state index in [0.29, 0.717) is 17.2 Å². The number of hydrogen-bond acceptors (Lipinski definition) is 5. The van der Waals surface area contributed by atoms with E-state index in [-0.39, 0.29) is 24.3 Å². The average molecular weight is 321 g/mol. The second-order valence-corrected chi connectivity index (χ2v) is 5.69. The van der Waals surface area contributed by atoms with Crippen molar-refractivity contribution in [3.8, 4) is 11.5 Å². The van der Waals surface area contributed by atoms with Crippen molar-refractivity contribution >= 4 is 23.2 Å². The highest BCUT2D eigenvalue weighted by atomic mass is 16.5. The lowest BCUT2D eigenvalue weighted by atomic mass is 9.98. The van der Waals surface area contributed by atoms with Gasteiger partial charge in [0.2, 0.25) is 11.8 Å². The fourth-order valence-corrected chi connectivity index (χ4v) is 2.56. The molecule has 0 saturated heterocycles. The normalized spacial score (nSPS) is 16.7. The van der Waals surface area contributed by atoms with Crippen LogP contribution >= 0.6 is 0 Å². The van der Waals surface area contributed by atoms with Crippen molar-refractivity contribution in [2.75, 3.05) is 38.0 Å². The molecule has 1 aromatic rings. The lowest BCUT2D eigenvalue weighted by Gasteiger charge is -2.37. The summed E-state index contributed by atoms with van der Waals surface area (Å²) in [5.41, 5.74) is 1.35. The summed E-state index contributed by atoms with van der Waals surface area (Å²) in [6.07, 6.45) is 0. The van der Waals surface area contributed by atoms with Gasteiger partial charge in [0.1, 0.15) is 12.6 Å². The third-order valence-corrected chi connectivity index (χ3v) is 3.88. The van der Waals surface area contributed by atoms with Crippen molar-refractivity contribution in [1.82, 2.24) is 5.32 Å². The number of fused-ring (bicyclic) bond motifs is 1. The van der Waals surface area contributed by atoms with Crippen LogP contribution in [0.25, 0.3) is 0 Å². The summed E-state index contributed by atoms with van der Waals surface area (Å²) in [4.78, 5) is 26.0. The van der Waals surface area contributed by atoms with Crippen molar-refractivity contribution in [3.05, 3.63) is 12.1 Å². The molecule has 23 heavy (non-hydrogen) atoms. The van der Waals surface area contributed by atoms with Crippen LogP contribution in [-0.2, 0) is 9.59 Å². The first-order valence-corrected chi connectivity index (χ1v) is 7.47. The number of benzene rings is 1. The zero-order valence-corrected chi connectivity index (χ0v) is 14.1. The van der Waals surface area contributed by atoms with E-state index in [0.717, 1.165) is 5.69 Å². The van der Waals surface area contributed by atoms with Gasteiger partial charge in [-0.1, -0.05) is 13.8 Å². The zero-order valence-electron chi connectivity index (χ0n) is 14.1. The number of carbonyl (C=O) groups is 2. The average Bonchev–Trinajstić information content (AvgIpc) is 2.55. The number of anilines is 2. The maximum absolute atomic E-state index is 12.7. The van der Waals surface area contributed by atoms with E-state index < -0.39 is 6.04 Å². The molecule has 1 unspecified atom stereocenters. The minimum absolute atomic E-state index is 0.0390. The largest absolute Gasteiger partial charge is 0.493 e. The number of rotatable bonds is 5. The Hall–Kier alpha value is -2.44. The predicted octanol–water partition coefficient (Wildman–Crippen LogP) is 1.23. The molecule has 1 aromatic carbocycles. The zero-order chi connectivity index (χ0) is 17.1. The molecule has 7 nitrogen and oxygen atoms in total. The van der Waals surface area contributed by atoms with E-state index in [9.17, 15) is 9.59 Å². The number of hydrogen-bond donors (Lipinski definition) is 2. The molecule has 2 amide bonds. The molecule has 0 radical (unpaired) electrons. The van der Waals surface area contributed by atoms with Crippen LogP contribution in [0.4, 0.5) is 11.4 Å². The first-order valence-electron chi connectivity index (χ1n) is 7.47. The van der Waals surface area contributed by atoms with Gasteiger partial charge in [0.05, 0.1) is 25.6 Å². The fraction of sp³-hybridized carbons (Fsp3) is 0.500.